The summed E-state index contributed by atoms with van der Waals surface area (Å²) in [5.74, 6) is 1.16. The van der Waals surface area contributed by atoms with Crippen molar-refractivity contribution in [1.82, 2.24) is 4.90 Å². The molecule has 1 saturated heterocycles. The van der Waals surface area contributed by atoms with Gasteiger partial charge in [-0.05, 0) is 64.7 Å². The van der Waals surface area contributed by atoms with Crippen molar-refractivity contribution in [3.63, 3.8) is 0 Å². The number of fused-ring (bicyclic) bond motifs is 1. The van der Waals surface area contributed by atoms with Gasteiger partial charge in [0.15, 0.2) is 0 Å². The number of benzene rings is 4. The average Bonchev–Trinajstić information content (AvgIpc) is 3.16. The number of ether oxygens (including phenoxy) is 2. The molecule has 1 fully saturated rings. The number of carbonyl (C=O) groups excluding carboxylic acids is 2. The van der Waals surface area contributed by atoms with Crippen LogP contribution in [0.25, 0.3) is 16.8 Å². The molecule has 2 amide bonds. The van der Waals surface area contributed by atoms with Crippen molar-refractivity contribution >= 4 is 55.7 Å². The average molecular weight is 560 g/mol. The molecule has 7 heteroatoms. The van der Waals surface area contributed by atoms with Crippen LogP contribution in [-0.2, 0) is 11.4 Å². The van der Waals surface area contributed by atoms with Gasteiger partial charge in [0.05, 0.1) is 11.4 Å². The number of carbonyl (C=O) groups is 2. The first-order valence-corrected chi connectivity index (χ1v) is 13.0. The predicted octanol–water partition coefficient (Wildman–Crippen LogP) is 7.30. The number of hydrogen-bond donors (Lipinski definition) is 0. The molecule has 0 saturated carbocycles. The standard InChI is InChI=1S/C29H22BrNO4S/c30-23-12-8-21(9-13-23)19-35-24-14-10-20(11-15-24)18-27-28(32)31(29(33)36-27)16-17-34-26-7-3-5-22-4-1-2-6-25(22)26/h1-15,18H,16-17,19H2/b27-18-. The summed E-state index contributed by atoms with van der Waals surface area (Å²) in [7, 11) is 0. The Hall–Kier alpha value is -3.55. The number of imide groups is 1. The van der Waals surface area contributed by atoms with Gasteiger partial charge in [0, 0.05) is 9.86 Å². The monoisotopic (exact) mass is 559 g/mol. The maximum atomic E-state index is 12.9. The highest BCUT2D eigenvalue weighted by Gasteiger charge is 2.34. The topological polar surface area (TPSA) is 55.8 Å². The van der Waals surface area contributed by atoms with E-state index in [9.17, 15) is 9.59 Å². The van der Waals surface area contributed by atoms with Gasteiger partial charge >= 0.3 is 0 Å². The third kappa shape index (κ3) is 5.64. The molecule has 0 aromatic heterocycles. The Morgan fingerprint density at radius 2 is 1.58 bits per heavy atom. The minimum Gasteiger partial charge on any atom is -0.491 e. The van der Waals surface area contributed by atoms with Crippen LogP contribution in [-0.4, -0.2) is 29.2 Å². The molecule has 0 radical (unpaired) electrons. The van der Waals surface area contributed by atoms with Gasteiger partial charge in [0.1, 0.15) is 24.7 Å². The maximum Gasteiger partial charge on any atom is 0.293 e. The van der Waals surface area contributed by atoms with Crippen molar-refractivity contribution in [2.24, 2.45) is 0 Å². The highest BCUT2D eigenvalue weighted by Crippen LogP contribution is 2.32. The van der Waals surface area contributed by atoms with Crippen LogP contribution in [0.15, 0.2) is 100 Å². The summed E-state index contributed by atoms with van der Waals surface area (Å²) < 4.78 is 12.8. The lowest BCUT2D eigenvalue weighted by Gasteiger charge is -2.14. The van der Waals surface area contributed by atoms with E-state index in [1.807, 2.05) is 91.0 Å². The van der Waals surface area contributed by atoms with Gasteiger partial charge in [-0.15, -0.1) is 0 Å². The van der Waals surface area contributed by atoms with E-state index < -0.39 is 0 Å². The number of amides is 2. The van der Waals surface area contributed by atoms with Gasteiger partial charge in [0.25, 0.3) is 11.1 Å². The maximum absolute atomic E-state index is 12.9. The van der Waals surface area contributed by atoms with Crippen molar-refractivity contribution in [2.45, 2.75) is 6.61 Å². The second-order valence-corrected chi connectivity index (χ2v) is 10.1. The number of thioether (sulfide) groups is 1. The zero-order chi connectivity index (χ0) is 24.9. The Balaban J connectivity index is 1.17. The quantitative estimate of drug-likeness (QED) is 0.212. The van der Waals surface area contributed by atoms with E-state index in [1.165, 1.54) is 4.90 Å². The fourth-order valence-corrected chi connectivity index (χ4v) is 4.95. The van der Waals surface area contributed by atoms with Crippen LogP contribution in [0.4, 0.5) is 4.79 Å². The van der Waals surface area contributed by atoms with Gasteiger partial charge in [0.2, 0.25) is 0 Å². The molecular formula is C29H22BrNO4S. The van der Waals surface area contributed by atoms with Crippen LogP contribution in [0.1, 0.15) is 11.1 Å². The highest BCUT2D eigenvalue weighted by atomic mass is 79.9. The van der Waals surface area contributed by atoms with Gasteiger partial charge < -0.3 is 9.47 Å². The molecule has 4 aromatic carbocycles. The van der Waals surface area contributed by atoms with E-state index in [-0.39, 0.29) is 24.3 Å². The van der Waals surface area contributed by atoms with E-state index in [2.05, 4.69) is 15.9 Å². The Bertz CT molecular complexity index is 1430. The summed E-state index contributed by atoms with van der Waals surface area (Å²) in [6.45, 7) is 0.879. The first kappa shape index (κ1) is 24.2. The van der Waals surface area contributed by atoms with E-state index in [1.54, 1.807) is 6.08 Å². The van der Waals surface area contributed by atoms with Gasteiger partial charge in [-0.1, -0.05) is 76.6 Å². The summed E-state index contributed by atoms with van der Waals surface area (Å²) in [6, 6.07) is 29.2. The molecule has 0 spiro atoms. The molecule has 0 unspecified atom stereocenters. The van der Waals surface area contributed by atoms with Crippen molar-refractivity contribution in [3.05, 3.63) is 112 Å². The van der Waals surface area contributed by atoms with Crippen LogP contribution in [0.5, 0.6) is 11.5 Å². The van der Waals surface area contributed by atoms with Crippen LogP contribution >= 0.6 is 27.7 Å². The number of rotatable bonds is 8. The molecule has 1 aliphatic rings. The molecule has 180 valence electrons. The summed E-state index contributed by atoms with van der Waals surface area (Å²) >= 11 is 4.37. The number of hydrogen-bond acceptors (Lipinski definition) is 5. The Morgan fingerprint density at radius 3 is 2.39 bits per heavy atom. The number of halogens is 1. The van der Waals surface area contributed by atoms with Crippen molar-refractivity contribution < 1.29 is 19.1 Å². The second-order valence-electron chi connectivity index (χ2n) is 8.14. The van der Waals surface area contributed by atoms with Gasteiger partial charge in [-0.3, -0.25) is 14.5 Å². The summed E-state index contributed by atoms with van der Waals surface area (Å²) in [6.07, 6.45) is 1.73. The molecule has 0 aliphatic carbocycles. The normalized spacial score (nSPS) is 14.6. The SMILES string of the molecule is O=C1S/C(=C\c2ccc(OCc3ccc(Br)cc3)cc2)C(=O)N1CCOc1cccc2ccccc12. The first-order chi connectivity index (χ1) is 17.6. The third-order valence-corrected chi connectivity index (χ3v) is 7.13. The van der Waals surface area contributed by atoms with E-state index in [4.69, 9.17) is 9.47 Å². The summed E-state index contributed by atoms with van der Waals surface area (Å²) in [5.41, 5.74) is 1.89. The lowest BCUT2D eigenvalue weighted by molar-refractivity contribution is -0.123. The molecule has 0 N–H and O–H groups in total. The molecule has 0 atom stereocenters. The molecule has 1 aliphatic heterocycles. The molecule has 4 aromatic rings. The summed E-state index contributed by atoms with van der Waals surface area (Å²) in [5, 5.41) is 1.79. The van der Waals surface area contributed by atoms with Crippen molar-refractivity contribution in [1.29, 1.82) is 0 Å². The second kappa shape index (κ2) is 11.0. The molecule has 0 bridgehead atoms. The van der Waals surface area contributed by atoms with Crippen molar-refractivity contribution in [2.75, 3.05) is 13.2 Å². The van der Waals surface area contributed by atoms with E-state index in [0.29, 0.717) is 11.5 Å². The predicted molar refractivity (Wildman–Crippen MR) is 147 cm³/mol. The van der Waals surface area contributed by atoms with Crippen LogP contribution in [0.2, 0.25) is 0 Å². The largest absolute Gasteiger partial charge is 0.491 e. The smallest absolute Gasteiger partial charge is 0.293 e. The lowest BCUT2D eigenvalue weighted by Crippen LogP contribution is -2.32. The van der Waals surface area contributed by atoms with Crippen LogP contribution in [0, 0.1) is 0 Å². The molecule has 5 nitrogen and oxygen atoms in total. The zero-order valence-electron chi connectivity index (χ0n) is 19.2. The minimum absolute atomic E-state index is 0.189. The van der Waals surface area contributed by atoms with Crippen LogP contribution in [0.3, 0.4) is 0 Å². The Kier molecular flexibility index (Phi) is 7.39. The highest BCUT2D eigenvalue weighted by molar-refractivity contribution is 9.10. The Morgan fingerprint density at radius 1 is 0.833 bits per heavy atom. The molecule has 5 rings (SSSR count). The van der Waals surface area contributed by atoms with Gasteiger partial charge in [-0.25, -0.2) is 0 Å². The zero-order valence-corrected chi connectivity index (χ0v) is 21.6. The van der Waals surface area contributed by atoms with E-state index in [0.717, 1.165) is 49.6 Å². The van der Waals surface area contributed by atoms with Crippen molar-refractivity contribution in [3.8, 4) is 11.5 Å². The molecular weight excluding hydrogens is 538 g/mol. The van der Waals surface area contributed by atoms with Gasteiger partial charge in [-0.2, -0.15) is 0 Å². The first-order valence-electron chi connectivity index (χ1n) is 11.4. The van der Waals surface area contributed by atoms with Crippen LogP contribution < -0.4 is 9.47 Å². The fraction of sp³-hybridized carbons (Fsp3) is 0.103. The molecule has 1 heterocycles. The summed E-state index contributed by atoms with van der Waals surface area (Å²) in [4.78, 5) is 27.0. The molecule has 36 heavy (non-hydrogen) atoms. The minimum atomic E-state index is -0.304. The third-order valence-electron chi connectivity index (χ3n) is 5.69. The Labute approximate surface area is 221 Å². The fourth-order valence-electron chi connectivity index (χ4n) is 3.82. The van der Waals surface area contributed by atoms with E-state index >= 15 is 0 Å². The number of nitrogens with zero attached hydrogens (tertiary/aromatic N) is 1. The lowest BCUT2D eigenvalue weighted by atomic mass is 10.1.